The Labute approximate surface area is 165 Å². The molecule has 0 saturated heterocycles. The molecule has 0 aliphatic carbocycles. The van der Waals surface area contributed by atoms with Gasteiger partial charge in [0.15, 0.2) is 0 Å². The topological polar surface area (TPSA) is 78.5 Å². The van der Waals surface area contributed by atoms with Gasteiger partial charge in [0.05, 0.1) is 10.9 Å². The fourth-order valence-corrected chi connectivity index (χ4v) is 4.03. The van der Waals surface area contributed by atoms with Gasteiger partial charge >= 0.3 is 0 Å². The third-order valence-electron chi connectivity index (χ3n) is 4.08. The zero-order valence-electron chi connectivity index (χ0n) is 15.6. The average Bonchev–Trinajstić information content (AvgIpc) is 2.63. The Balaban J connectivity index is 2.16. The first kappa shape index (κ1) is 21.4. The van der Waals surface area contributed by atoms with Crippen molar-refractivity contribution in [3.05, 3.63) is 64.7 Å². The van der Waals surface area contributed by atoms with Crippen LogP contribution in [0.3, 0.4) is 0 Å². The summed E-state index contributed by atoms with van der Waals surface area (Å²) in [5.41, 5.74) is 1.19. The molecule has 0 aliphatic heterocycles. The number of likely N-dealkylation sites (N-methyl/N-ethyl adjacent to an activating group) is 1. The highest BCUT2D eigenvalue weighted by Gasteiger charge is 2.19. The summed E-state index contributed by atoms with van der Waals surface area (Å²) in [6, 6.07) is 13.3. The van der Waals surface area contributed by atoms with Crippen molar-refractivity contribution >= 4 is 27.5 Å². The third kappa shape index (κ3) is 5.52. The van der Waals surface area contributed by atoms with Gasteiger partial charge in [-0.1, -0.05) is 42.8 Å². The Hall–Kier alpha value is -1.93. The Morgan fingerprint density at radius 1 is 1.15 bits per heavy atom. The highest BCUT2D eigenvalue weighted by Crippen LogP contribution is 2.25. The maximum Gasteiger partial charge on any atom is 0.251 e. The van der Waals surface area contributed by atoms with E-state index in [1.54, 1.807) is 19.1 Å². The highest BCUT2D eigenvalue weighted by atomic mass is 35.5. The van der Waals surface area contributed by atoms with E-state index in [0.29, 0.717) is 11.6 Å². The number of nitrogens with one attached hydrogen (secondary N) is 2. The summed E-state index contributed by atoms with van der Waals surface area (Å²) in [7, 11) is 0.198. The van der Waals surface area contributed by atoms with Crippen LogP contribution in [-0.4, -0.2) is 46.4 Å². The predicted molar refractivity (Wildman–Crippen MR) is 108 cm³/mol. The second-order valence-corrected chi connectivity index (χ2v) is 8.41. The fraction of sp³-hybridized carbons (Fsp3) is 0.316. The summed E-state index contributed by atoms with van der Waals surface area (Å²) in [6.07, 6.45) is 0. The summed E-state index contributed by atoms with van der Waals surface area (Å²) in [5.74, 6) is -0.345. The Morgan fingerprint density at radius 2 is 1.85 bits per heavy atom. The van der Waals surface area contributed by atoms with Gasteiger partial charge in [0.25, 0.3) is 5.91 Å². The van der Waals surface area contributed by atoms with Crippen molar-refractivity contribution < 1.29 is 13.2 Å². The summed E-state index contributed by atoms with van der Waals surface area (Å²) in [4.78, 5) is 14.6. The first-order valence-corrected chi connectivity index (χ1v) is 10.4. The number of hydrogen-bond acceptors (Lipinski definition) is 4. The minimum Gasteiger partial charge on any atom is -0.350 e. The molecule has 146 valence electrons. The van der Waals surface area contributed by atoms with Crippen molar-refractivity contribution in [3.8, 4) is 0 Å². The van der Waals surface area contributed by atoms with Gasteiger partial charge in [0, 0.05) is 23.7 Å². The van der Waals surface area contributed by atoms with Crippen molar-refractivity contribution in [2.45, 2.75) is 17.9 Å². The lowest BCUT2D eigenvalue weighted by molar-refractivity contribution is 0.0941. The van der Waals surface area contributed by atoms with Crippen LogP contribution < -0.4 is 10.0 Å². The van der Waals surface area contributed by atoms with Crippen molar-refractivity contribution in [1.82, 2.24) is 14.9 Å². The Kier molecular flexibility index (Phi) is 7.38. The molecular formula is C19H24ClN3O3S. The molecule has 0 radical (unpaired) electrons. The molecule has 0 aliphatic rings. The van der Waals surface area contributed by atoms with Crippen LogP contribution in [-0.2, 0) is 10.0 Å². The molecule has 27 heavy (non-hydrogen) atoms. The van der Waals surface area contributed by atoms with Crippen molar-refractivity contribution in [2.24, 2.45) is 0 Å². The maximum absolute atomic E-state index is 12.5. The molecule has 6 nitrogen and oxygen atoms in total. The van der Waals surface area contributed by atoms with Gasteiger partial charge in [-0.2, -0.15) is 0 Å². The molecule has 0 saturated carbocycles. The quantitative estimate of drug-likeness (QED) is 0.702. The van der Waals surface area contributed by atoms with Crippen molar-refractivity contribution in [1.29, 1.82) is 0 Å². The molecule has 0 bridgehead atoms. The van der Waals surface area contributed by atoms with Gasteiger partial charge in [-0.05, 0) is 43.9 Å². The normalized spacial score (nSPS) is 12.8. The van der Waals surface area contributed by atoms with E-state index in [1.165, 1.54) is 12.1 Å². The van der Waals surface area contributed by atoms with Gasteiger partial charge in [-0.25, -0.2) is 13.1 Å². The van der Waals surface area contributed by atoms with Crippen LogP contribution in [0.2, 0.25) is 5.02 Å². The monoisotopic (exact) mass is 409 g/mol. The first-order chi connectivity index (χ1) is 12.8. The number of sulfonamides is 1. The van der Waals surface area contributed by atoms with E-state index < -0.39 is 10.0 Å². The number of carbonyl (C=O) groups is 1. The van der Waals surface area contributed by atoms with Gasteiger partial charge in [0.2, 0.25) is 10.0 Å². The van der Waals surface area contributed by atoms with Gasteiger partial charge in [-0.3, -0.25) is 4.79 Å². The standard InChI is InChI=1S/C19H24ClN3O3S/c1-4-22-27(25,26)15-9-7-8-14(12-15)19(24)21-13-18(23(2)3)16-10-5-6-11-17(16)20/h5-12,18,22H,4,13H2,1-3H3,(H,21,24). The molecule has 0 aromatic heterocycles. The Morgan fingerprint density at radius 3 is 2.48 bits per heavy atom. The lowest BCUT2D eigenvalue weighted by Gasteiger charge is -2.26. The lowest BCUT2D eigenvalue weighted by atomic mass is 10.1. The van der Waals surface area contributed by atoms with Gasteiger partial charge in [-0.15, -0.1) is 0 Å². The number of benzene rings is 2. The lowest BCUT2D eigenvalue weighted by Crippen LogP contribution is -2.34. The number of hydrogen-bond donors (Lipinski definition) is 2. The SMILES string of the molecule is CCNS(=O)(=O)c1cccc(C(=O)NCC(c2ccccc2Cl)N(C)C)c1. The average molecular weight is 410 g/mol. The smallest absolute Gasteiger partial charge is 0.251 e. The third-order valence-corrected chi connectivity index (χ3v) is 5.97. The molecule has 8 heteroatoms. The minimum atomic E-state index is -3.62. The molecule has 0 fully saturated rings. The number of amides is 1. The van der Waals surface area contributed by atoms with Gasteiger partial charge < -0.3 is 10.2 Å². The molecule has 1 unspecified atom stereocenters. The summed E-state index contributed by atoms with van der Waals surface area (Å²) >= 11 is 6.28. The van der Waals surface area contributed by atoms with E-state index >= 15 is 0 Å². The van der Waals surface area contributed by atoms with E-state index in [0.717, 1.165) is 5.56 Å². The largest absolute Gasteiger partial charge is 0.350 e. The molecule has 2 N–H and O–H groups in total. The van der Waals surface area contributed by atoms with Crippen LogP contribution in [0.25, 0.3) is 0 Å². The number of halogens is 1. The zero-order chi connectivity index (χ0) is 20.0. The van der Waals surface area contributed by atoms with Crippen LogP contribution in [0.1, 0.15) is 28.9 Å². The van der Waals surface area contributed by atoms with Crippen LogP contribution in [0.5, 0.6) is 0 Å². The molecule has 2 rings (SSSR count). The zero-order valence-corrected chi connectivity index (χ0v) is 17.1. The van der Waals surface area contributed by atoms with E-state index in [2.05, 4.69) is 10.0 Å². The molecular weight excluding hydrogens is 386 g/mol. The minimum absolute atomic E-state index is 0.0623. The first-order valence-electron chi connectivity index (χ1n) is 8.55. The maximum atomic E-state index is 12.5. The summed E-state index contributed by atoms with van der Waals surface area (Å²) in [6.45, 7) is 2.31. The summed E-state index contributed by atoms with van der Waals surface area (Å²) < 4.78 is 26.7. The van der Waals surface area contributed by atoms with Crippen LogP contribution >= 0.6 is 11.6 Å². The molecule has 2 aromatic rings. The molecule has 0 spiro atoms. The van der Waals surface area contributed by atoms with Crippen LogP contribution in [0, 0.1) is 0 Å². The molecule has 0 heterocycles. The molecule has 2 aromatic carbocycles. The molecule has 1 amide bonds. The number of carbonyl (C=O) groups excluding carboxylic acids is 1. The van der Waals surface area contributed by atoms with Crippen molar-refractivity contribution in [3.63, 3.8) is 0 Å². The Bertz CT molecular complexity index is 901. The number of rotatable bonds is 8. The number of nitrogens with zero attached hydrogens (tertiary/aromatic N) is 1. The predicted octanol–water partition coefficient (Wildman–Crippen LogP) is 2.67. The fourth-order valence-electron chi connectivity index (χ4n) is 2.69. The van der Waals surface area contributed by atoms with Crippen molar-refractivity contribution in [2.75, 3.05) is 27.2 Å². The summed E-state index contributed by atoms with van der Waals surface area (Å²) in [5, 5.41) is 3.49. The van der Waals surface area contributed by atoms with E-state index in [9.17, 15) is 13.2 Å². The van der Waals surface area contributed by atoms with Crippen LogP contribution in [0.4, 0.5) is 0 Å². The second-order valence-electron chi connectivity index (χ2n) is 6.24. The molecule has 1 atom stereocenters. The highest BCUT2D eigenvalue weighted by molar-refractivity contribution is 7.89. The van der Waals surface area contributed by atoms with E-state index in [1.807, 2.05) is 43.3 Å². The van der Waals surface area contributed by atoms with Crippen LogP contribution in [0.15, 0.2) is 53.4 Å². The van der Waals surface area contributed by atoms with E-state index in [4.69, 9.17) is 11.6 Å². The van der Waals surface area contributed by atoms with Gasteiger partial charge in [0.1, 0.15) is 0 Å². The van der Waals surface area contributed by atoms with E-state index in [-0.39, 0.29) is 29.0 Å². The second kappa shape index (κ2) is 9.32.